The van der Waals surface area contributed by atoms with Gasteiger partial charge in [0.15, 0.2) is 17.9 Å². The summed E-state index contributed by atoms with van der Waals surface area (Å²) in [6.45, 7) is 2.07. The average Bonchev–Trinajstić information content (AvgIpc) is 2.11. The first-order chi connectivity index (χ1) is 6.20. The van der Waals surface area contributed by atoms with Gasteiger partial charge in [-0.3, -0.25) is 4.79 Å². The van der Waals surface area contributed by atoms with Crippen LogP contribution >= 0.6 is 11.6 Å². The fourth-order valence-electron chi connectivity index (χ4n) is 0.924. The van der Waals surface area contributed by atoms with Crippen LogP contribution < -0.4 is 4.74 Å². The molecule has 70 valence electrons. The van der Waals surface area contributed by atoms with Gasteiger partial charge in [0.2, 0.25) is 0 Å². The van der Waals surface area contributed by atoms with Gasteiger partial charge in [-0.05, 0) is 19.1 Å². The van der Waals surface area contributed by atoms with Gasteiger partial charge in [-0.2, -0.15) is 0 Å². The highest BCUT2D eigenvalue weighted by molar-refractivity contribution is 6.33. The fraction of sp³-hybridized carbons (Fsp3) is 0.222. The lowest BCUT2D eigenvalue weighted by Gasteiger charge is -2.06. The molecule has 0 unspecified atom stereocenters. The van der Waals surface area contributed by atoms with Gasteiger partial charge in [0.25, 0.3) is 0 Å². The van der Waals surface area contributed by atoms with Crippen molar-refractivity contribution in [2.75, 3.05) is 6.61 Å². The van der Waals surface area contributed by atoms with E-state index in [1.54, 1.807) is 6.92 Å². The van der Waals surface area contributed by atoms with Crippen LogP contribution in [-0.2, 0) is 0 Å². The number of benzene rings is 1. The zero-order chi connectivity index (χ0) is 9.84. The van der Waals surface area contributed by atoms with Crippen molar-refractivity contribution in [1.82, 2.24) is 0 Å². The highest BCUT2D eigenvalue weighted by Crippen LogP contribution is 2.25. The van der Waals surface area contributed by atoms with E-state index in [2.05, 4.69) is 0 Å². The van der Waals surface area contributed by atoms with Crippen LogP contribution in [0.1, 0.15) is 17.3 Å². The molecule has 0 radical (unpaired) electrons. The van der Waals surface area contributed by atoms with E-state index >= 15 is 0 Å². The minimum absolute atomic E-state index is 0.0500. The second-order valence-corrected chi connectivity index (χ2v) is 2.73. The fourth-order valence-corrected chi connectivity index (χ4v) is 1.11. The summed E-state index contributed by atoms with van der Waals surface area (Å²) in [5, 5.41) is 0.0935. The van der Waals surface area contributed by atoms with Gasteiger partial charge in [-0.15, -0.1) is 0 Å². The zero-order valence-corrected chi connectivity index (χ0v) is 7.77. The molecule has 1 rings (SSSR count). The molecule has 2 nitrogen and oxygen atoms in total. The summed E-state index contributed by atoms with van der Waals surface area (Å²) in [5.74, 6) is -0.654. The second-order valence-electron chi connectivity index (χ2n) is 2.32. The topological polar surface area (TPSA) is 26.3 Å². The van der Waals surface area contributed by atoms with Crippen LogP contribution in [0.15, 0.2) is 12.1 Å². The minimum Gasteiger partial charge on any atom is -0.491 e. The first kappa shape index (κ1) is 9.99. The van der Waals surface area contributed by atoms with Crippen LogP contribution in [0.2, 0.25) is 5.02 Å². The molecule has 1 aromatic rings. The molecule has 0 N–H and O–H groups in total. The number of hydrogen-bond donors (Lipinski definition) is 0. The summed E-state index contributed by atoms with van der Waals surface area (Å²) in [7, 11) is 0. The van der Waals surface area contributed by atoms with Gasteiger partial charge >= 0.3 is 0 Å². The third kappa shape index (κ3) is 1.98. The lowest BCUT2D eigenvalue weighted by Crippen LogP contribution is -1.98. The summed E-state index contributed by atoms with van der Waals surface area (Å²) in [6, 6.07) is 2.83. The number of rotatable bonds is 3. The molecule has 0 spiro atoms. The predicted molar refractivity (Wildman–Crippen MR) is 48.0 cm³/mol. The molecule has 0 aromatic heterocycles. The van der Waals surface area contributed by atoms with Crippen LogP contribution in [0, 0.1) is 5.82 Å². The number of ether oxygens (including phenoxy) is 1. The number of halogens is 2. The van der Waals surface area contributed by atoms with E-state index in [4.69, 9.17) is 16.3 Å². The molecule has 0 aliphatic heterocycles. The quantitative estimate of drug-likeness (QED) is 0.705. The van der Waals surface area contributed by atoms with E-state index in [-0.39, 0.29) is 16.3 Å². The Bertz CT molecular complexity index is 326. The molecular formula is C9H8ClFO2. The zero-order valence-electron chi connectivity index (χ0n) is 7.01. The van der Waals surface area contributed by atoms with Crippen molar-refractivity contribution < 1.29 is 13.9 Å². The maximum absolute atomic E-state index is 13.3. The Morgan fingerprint density at radius 3 is 2.85 bits per heavy atom. The molecule has 0 aliphatic carbocycles. The van der Waals surface area contributed by atoms with Crippen molar-refractivity contribution in [3.63, 3.8) is 0 Å². The van der Waals surface area contributed by atoms with Gasteiger partial charge in [-0.1, -0.05) is 11.6 Å². The standard InChI is InChI=1S/C9H8ClFO2/c1-2-13-8-4-3-7(10)6(5-12)9(8)11/h3-5H,2H2,1H3. The van der Waals surface area contributed by atoms with Crippen molar-refractivity contribution in [3.05, 3.63) is 28.5 Å². The number of aldehydes is 1. The third-order valence-electron chi connectivity index (χ3n) is 1.51. The van der Waals surface area contributed by atoms with Crippen LogP contribution in [0.4, 0.5) is 4.39 Å². The lowest BCUT2D eigenvalue weighted by molar-refractivity contribution is 0.111. The summed E-state index contributed by atoms with van der Waals surface area (Å²) >= 11 is 5.57. The number of carbonyl (C=O) groups is 1. The van der Waals surface area contributed by atoms with E-state index in [1.807, 2.05) is 0 Å². The van der Waals surface area contributed by atoms with Crippen molar-refractivity contribution in [1.29, 1.82) is 0 Å². The normalized spacial score (nSPS) is 9.77. The molecule has 0 saturated heterocycles. The van der Waals surface area contributed by atoms with Crippen molar-refractivity contribution in [3.8, 4) is 5.75 Å². The highest BCUT2D eigenvalue weighted by atomic mass is 35.5. The van der Waals surface area contributed by atoms with E-state index < -0.39 is 5.82 Å². The maximum Gasteiger partial charge on any atom is 0.177 e. The van der Waals surface area contributed by atoms with Gasteiger partial charge in [-0.25, -0.2) is 4.39 Å². The lowest BCUT2D eigenvalue weighted by atomic mass is 10.2. The number of carbonyl (C=O) groups excluding carboxylic acids is 1. The maximum atomic E-state index is 13.3. The Morgan fingerprint density at radius 1 is 1.62 bits per heavy atom. The van der Waals surface area contributed by atoms with E-state index in [0.717, 1.165) is 0 Å². The van der Waals surface area contributed by atoms with E-state index in [1.165, 1.54) is 12.1 Å². The molecule has 0 fully saturated rings. The molecule has 4 heteroatoms. The van der Waals surface area contributed by atoms with Crippen LogP contribution in [0.25, 0.3) is 0 Å². The average molecular weight is 203 g/mol. The Hall–Kier alpha value is -1.09. The minimum atomic E-state index is -0.704. The third-order valence-corrected chi connectivity index (χ3v) is 1.84. The molecule has 0 amide bonds. The molecular weight excluding hydrogens is 195 g/mol. The molecule has 0 bridgehead atoms. The Morgan fingerprint density at radius 2 is 2.31 bits per heavy atom. The molecule has 0 saturated carbocycles. The van der Waals surface area contributed by atoms with Gasteiger partial charge in [0.1, 0.15) is 0 Å². The van der Waals surface area contributed by atoms with Crippen LogP contribution in [0.5, 0.6) is 5.75 Å². The summed E-state index contributed by atoms with van der Waals surface area (Å²) in [4.78, 5) is 10.4. The molecule has 13 heavy (non-hydrogen) atoms. The number of hydrogen-bond acceptors (Lipinski definition) is 2. The highest BCUT2D eigenvalue weighted by Gasteiger charge is 2.11. The predicted octanol–water partition coefficient (Wildman–Crippen LogP) is 2.69. The molecule has 0 atom stereocenters. The Labute approximate surface area is 80.3 Å². The van der Waals surface area contributed by atoms with Gasteiger partial charge in [0, 0.05) is 0 Å². The monoisotopic (exact) mass is 202 g/mol. The van der Waals surface area contributed by atoms with Crippen molar-refractivity contribution >= 4 is 17.9 Å². The largest absolute Gasteiger partial charge is 0.491 e. The summed E-state index contributed by atoms with van der Waals surface area (Å²) < 4.78 is 18.2. The first-order valence-corrected chi connectivity index (χ1v) is 4.14. The van der Waals surface area contributed by atoms with E-state index in [9.17, 15) is 9.18 Å². The second kappa shape index (κ2) is 4.23. The summed E-state index contributed by atoms with van der Waals surface area (Å²) in [5.41, 5.74) is -0.160. The van der Waals surface area contributed by atoms with Crippen LogP contribution in [-0.4, -0.2) is 12.9 Å². The first-order valence-electron chi connectivity index (χ1n) is 3.76. The SMILES string of the molecule is CCOc1ccc(Cl)c(C=O)c1F. The molecule has 0 aliphatic rings. The van der Waals surface area contributed by atoms with Crippen molar-refractivity contribution in [2.24, 2.45) is 0 Å². The summed E-state index contributed by atoms with van der Waals surface area (Å²) in [6.07, 6.45) is 0.375. The van der Waals surface area contributed by atoms with Crippen molar-refractivity contribution in [2.45, 2.75) is 6.92 Å². The molecule has 0 heterocycles. The molecule has 1 aromatic carbocycles. The van der Waals surface area contributed by atoms with Gasteiger partial charge < -0.3 is 4.74 Å². The van der Waals surface area contributed by atoms with E-state index in [0.29, 0.717) is 12.9 Å². The van der Waals surface area contributed by atoms with Crippen LogP contribution in [0.3, 0.4) is 0 Å². The Balaban J connectivity index is 3.19. The Kier molecular flexibility index (Phi) is 3.25. The van der Waals surface area contributed by atoms with Gasteiger partial charge in [0.05, 0.1) is 17.2 Å². The smallest absolute Gasteiger partial charge is 0.177 e.